The van der Waals surface area contributed by atoms with Crippen LogP contribution in [0.15, 0.2) is 182 Å². The Balaban J connectivity index is 1.21. The van der Waals surface area contributed by atoms with E-state index in [1.54, 1.807) is 0 Å². The first-order chi connectivity index (χ1) is 27.3. The SMILES string of the molecule is CC1(C)c2ccccc2-c2c(N(c3ccccc3-c3ccc4c(c3)c3ccccc3n4-c3ccccc3)c3cccc4c3-c3ccccc3C4(C)C)cccc21. The fourth-order valence-electron chi connectivity index (χ4n) is 10.1. The number of anilines is 3. The number of benzene rings is 8. The second kappa shape index (κ2) is 11.9. The molecule has 2 aliphatic carbocycles. The molecule has 2 nitrogen and oxygen atoms in total. The minimum absolute atomic E-state index is 0.127. The highest BCUT2D eigenvalue weighted by Crippen LogP contribution is 2.58. The molecule has 8 aromatic carbocycles. The average Bonchev–Trinajstić information content (AvgIpc) is 3.79. The van der Waals surface area contributed by atoms with Crippen molar-refractivity contribution < 1.29 is 0 Å². The molecule has 268 valence electrons. The summed E-state index contributed by atoms with van der Waals surface area (Å²) in [5.41, 5.74) is 20.0. The van der Waals surface area contributed by atoms with Crippen molar-refractivity contribution in [3.8, 4) is 39.1 Å². The maximum atomic E-state index is 2.58. The third-order valence-corrected chi connectivity index (χ3v) is 12.8. The van der Waals surface area contributed by atoms with Gasteiger partial charge in [-0.1, -0.05) is 161 Å². The van der Waals surface area contributed by atoms with E-state index in [2.05, 4.69) is 219 Å². The van der Waals surface area contributed by atoms with Crippen molar-refractivity contribution in [2.75, 3.05) is 4.90 Å². The van der Waals surface area contributed by atoms with Gasteiger partial charge in [0.25, 0.3) is 0 Å². The van der Waals surface area contributed by atoms with Gasteiger partial charge in [0, 0.05) is 44.0 Å². The van der Waals surface area contributed by atoms with E-state index in [9.17, 15) is 0 Å². The van der Waals surface area contributed by atoms with E-state index in [1.807, 2.05) is 0 Å². The topological polar surface area (TPSA) is 8.17 Å². The minimum atomic E-state index is -0.127. The molecule has 0 N–H and O–H groups in total. The van der Waals surface area contributed by atoms with Crippen LogP contribution in [0, 0.1) is 0 Å². The molecule has 0 radical (unpaired) electrons. The first-order valence-corrected chi connectivity index (χ1v) is 19.8. The Morgan fingerprint density at radius 1 is 0.375 bits per heavy atom. The summed E-state index contributed by atoms with van der Waals surface area (Å²) >= 11 is 0. The summed E-state index contributed by atoms with van der Waals surface area (Å²) in [4.78, 5) is 2.58. The van der Waals surface area contributed by atoms with Gasteiger partial charge in [0.15, 0.2) is 0 Å². The summed E-state index contributed by atoms with van der Waals surface area (Å²) in [5, 5.41) is 2.50. The van der Waals surface area contributed by atoms with Crippen LogP contribution < -0.4 is 4.90 Å². The van der Waals surface area contributed by atoms with Gasteiger partial charge in [-0.05, 0) is 87.5 Å². The zero-order valence-electron chi connectivity index (χ0n) is 32.2. The van der Waals surface area contributed by atoms with Gasteiger partial charge < -0.3 is 9.47 Å². The number of para-hydroxylation sites is 3. The number of rotatable bonds is 5. The van der Waals surface area contributed by atoms with E-state index in [-0.39, 0.29) is 10.8 Å². The molecular formula is C54H42N2. The van der Waals surface area contributed by atoms with E-state index in [0.717, 1.165) is 5.69 Å². The maximum Gasteiger partial charge on any atom is 0.0543 e. The van der Waals surface area contributed by atoms with Crippen molar-refractivity contribution in [2.24, 2.45) is 0 Å². The maximum absolute atomic E-state index is 2.58. The van der Waals surface area contributed by atoms with Crippen LogP contribution in [-0.2, 0) is 10.8 Å². The van der Waals surface area contributed by atoms with E-state index in [4.69, 9.17) is 0 Å². The van der Waals surface area contributed by atoms with Crippen LogP contribution in [0.4, 0.5) is 17.1 Å². The molecule has 0 spiro atoms. The van der Waals surface area contributed by atoms with Gasteiger partial charge in [0.05, 0.1) is 28.1 Å². The molecule has 0 fully saturated rings. The average molecular weight is 719 g/mol. The van der Waals surface area contributed by atoms with Crippen LogP contribution >= 0.6 is 0 Å². The summed E-state index contributed by atoms with van der Waals surface area (Å²) in [6.45, 7) is 9.50. The minimum Gasteiger partial charge on any atom is -0.309 e. The lowest BCUT2D eigenvalue weighted by molar-refractivity contribution is 0.660. The second-order valence-electron chi connectivity index (χ2n) is 16.5. The van der Waals surface area contributed by atoms with Gasteiger partial charge in [-0.2, -0.15) is 0 Å². The van der Waals surface area contributed by atoms with E-state index in [1.165, 1.54) is 94.5 Å². The molecule has 11 rings (SSSR count). The standard InChI is InChI=1S/C54H42N2/c1-53(2)42-24-12-8-22-39(42)51-44(53)26-16-30-49(51)56(50-31-17-27-45-52(50)40-23-9-13-25-43(40)54(45,3)4)46-28-14-10-20-37(46)35-32-33-48-41(34-35)38-21-11-15-29-47(38)55(48)36-18-6-5-7-19-36/h5-34H,1-4H3. The molecule has 9 aromatic rings. The molecule has 2 aliphatic rings. The quantitative estimate of drug-likeness (QED) is 0.172. The Hall–Kier alpha value is -6.64. The molecule has 0 aliphatic heterocycles. The molecule has 0 bridgehead atoms. The second-order valence-corrected chi connectivity index (χ2v) is 16.5. The number of hydrogen-bond acceptors (Lipinski definition) is 1. The van der Waals surface area contributed by atoms with Crippen molar-refractivity contribution in [1.29, 1.82) is 0 Å². The zero-order valence-corrected chi connectivity index (χ0v) is 32.2. The molecular weight excluding hydrogens is 677 g/mol. The monoisotopic (exact) mass is 718 g/mol. The molecule has 56 heavy (non-hydrogen) atoms. The van der Waals surface area contributed by atoms with Crippen LogP contribution in [-0.4, -0.2) is 4.57 Å². The third kappa shape index (κ3) is 4.50. The largest absolute Gasteiger partial charge is 0.309 e. The predicted octanol–water partition coefficient (Wildman–Crippen LogP) is 14.5. The lowest BCUT2D eigenvalue weighted by Gasteiger charge is -2.32. The van der Waals surface area contributed by atoms with Crippen LogP contribution in [0.2, 0.25) is 0 Å². The summed E-state index contributed by atoms with van der Waals surface area (Å²) < 4.78 is 2.39. The van der Waals surface area contributed by atoms with E-state index in [0.29, 0.717) is 0 Å². The number of hydrogen-bond donors (Lipinski definition) is 0. The smallest absolute Gasteiger partial charge is 0.0543 e. The lowest BCUT2D eigenvalue weighted by Crippen LogP contribution is -2.17. The van der Waals surface area contributed by atoms with Gasteiger partial charge in [-0.3, -0.25) is 0 Å². The highest BCUT2D eigenvalue weighted by Gasteiger charge is 2.41. The van der Waals surface area contributed by atoms with Crippen LogP contribution in [0.1, 0.15) is 49.9 Å². The van der Waals surface area contributed by atoms with Crippen molar-refractivity contribution >= 4 is 38.9 Å². The first-order valence-electron chi connectivity index (χ1n) is 19.8. The fraction of sp³-hybridized carbons (Fsp3) is 0.111. The van der Waals surface area contributed by atoms with Gasteiger partial charge in [0.2, 0.25) is 0 Å². The van der Waals surface area contributed by atoms with Gasteiger partial charge in [0.1, 0.15) is 0 Å². The Bertz CT molecular complexity index is 2930. The number of nitrogens with zero attached hydrogens (tertiary/aromatic N) is 2. The third-order valence-electron chi connectivity index (χ3n) is 12.8. The molecule has 0 saturated heterocycles. The summed E-state index contributed by atoms with van der Waals surface area (Å²) in [6.07, 6.45) is 0. The summed E-state index contributed by atoms with van der Waals surface area (Å²) in [7, 11) is 0. The molecule has 2 heteroatoms. The van der Waals surface area contributed by atoms with Crippen LogP contribution in [0.25, 0.3) is 60.9 Å². The predicted molar refractivity (Wildman–Crippen MR) is 236 cm³/mol. The van der Waals surface area contributed by atoms with E-state index < -0.39 is 0 Å². The number of fused-ring (bicyclic) bond motifs is 9. The van der Waals surface area contributed by atoms with Gasteiger partial charge in [-0.25, -0.2) is 0 Å². The van der Waals surface area contributed by atoms with Crippen LogP contribution in [0.5, 0.6) is 0 Å². The Kier molecular flexibility index (Phi) is 6.98. The Morgan fingerprint density at radius 2 is 0.857 bits per heavy atom. The fourth-order valence-corrected chi connectivity index (χ4v) is 10.1. The molecule has 1 heterocycles. The Labute approximate surface area is 328 Å². The molecule has 0 amide bonds. The molecule has 0 saturated carbocycles. The lowest BCUT2D eigenvalue weighted by atomic mass is 9.82. The highest BCUT2D eigenvalue weighted by atomic mass is 15.2. The van der Waals surface area contributed by atoms with Crippen LogP contribution in [0.3, 0.4) is 0 Å². The highest BCUT2D eigenvalue weighted by molar-refractivity contribution is 6.11. The van der Waals surface area contributed by atoms with Crippen molar-refractivity contribution in [2.45, 2.75) is 38.5 Å². The summed E-state index contributed by atoms with van der Waals surface area (Å²) in [6, 6.07) is 67.5. The van der Waals surface area contributed by atoms with Gasteiger partial charge in [-0.15, -0.1) is 0 Å². The van der Waals surface area contributed by atoms with Gasteiger partial charge >= 0.3 is 0 Å². The first kappa shape index (κ1) is 32.8. The van der Waals surface area contributed by atoms with Crippen molar-refractivity contribution in [1.82, 2.24) is 4.57 Å². The number of aromatic nitrogens is 1. The Morgan fingerprint density at radius 3 is 1.50 bits per heavy atom. The zero-order chi connectivity index (χ0) is 37.8. The van der Waals surface area contributed by atoms with Crippen molar-refractivity contribution in [3.05, 3.63) is 204 Å². The van der Waals surface area contributed by atoms with Crippen molar-refractivity contribution in [3.63, 3.8) is 0 Å². The normalized spacial score (nSPS) is 14.4. The molecule has 0 unspecified atom stereocenters. The van der Waals surface area contributed by atoms with E-state index >= 15 is 0 Å². The summed E-state index contributed by atoms with van der Waals surface area (Å²) in [5.74, 6) is 0. The molecule has 0 atom stereocenters. The molecule has 1 aromatic heterocycles.